The number of aromatic nitrogens is 2. The zero-order valence-corrected chi connectivity index (χ0v) is 30.9. The molecule has 8 nitrogen and oxygen atoms in total. The highest BCUT2D eigenvalue weighted by Crippen LogP contribution is 2.57. The summed E-state index contributed by atoms with van der Waals surface area (Å²) in [7, 11) is 0. The molecule has 2 aliphatic rings. The summed E-state index contributed by atoms with van der Waals surface area (Å²) < 4.78 is 2.09. The molecule has 0 aliphatic carbocycles. The number of hydrogen-bond donors (Lipinski definition) is 3. The topological polar surface area (TPSA) is 93.6 Å². The van der Waals surface area contributed by atoms with E-state index in [0.29, 0.717) is 22.4 Å². The Labute approximate surface area is 304 Å². The number of phenolic OH excluding ortho intramolecular Hbond substituents is 1. The molecule has 0 saturated carbocycles. The quantitative estimate of drug-likeness (QED) is 0.164. The van der Waals surface area contributed by atoms with E-state index < -0.39 is 0 Å². The van der Waals surface area contributed by atoms with Gasteiger partial charge >= 0.3 is 6.03 Å². The molecule has 50 heavy (non-hydrogen) atoms. The van der Waals surface area contributed by atoms with Crippen molar-refractivity contribution < 1.29 is 9.90 Å². The number of urea groups is 1. The van der Waals surface area contributed by atoms with Crippen molar-refractivity contribution >= 4 is 82.9 Å². The molecular formula is C39H39ClN6O2S2. The lowest BCUT2D eigenvalue weighted by Crippen LogP contribution is -2.47. The number of halogens is 1. The molecule has 3 N–H and O–H groups in total. The van der Waals surface area contributed by atoms with Crippen LogP contribution in [0.2, 0.25) is 5.02 Å². The van der Waals surface area contributed by atoms with Crippen molar-refractivity contribution in [3.63, 3.8) is 0 Å². The van der Waals surface area contributed by atoms with Crippen molar-refractivity contribution in [2.24, 2.45) is 5.41 Å². The Morgan fingerprint density at radius 1 is 0.940 bits per heavy atom. The zero-order chi connectivity index (χ0) is 34.8. The summed E-state index contributed by atoms with van der Waals surface area (Å²) in [6, 6.07) is 23.1. The summed E-state index contributed by atoms with van der Waals surface area (Å²) in [5, 5.41) is 19.8. The third kappa shape index (κ3) is 6.19. The number of piperidine rings is 1. The number of para-hydroxylation sites is 2. The van der Waals surface area contributed by atoms with Gasteiger partial charge in [0.15, 0.2) is 5.13 Å². The fourth-order valence-corrected chi connectivity index (χ4v) is 9.72. The number of amides is 2. The molecule has 256 valence electrons. The molecule has 11 heteroatoms. The molecule has 2 aliphatic heterocycles. The van der Waals surface area contributed by atoms with Gasteiger partial charge < -0.3 is 20.2 Å². The number of fused-ring (bicyclic) bond motifs is 4. The van der Waals surface area contributed by atoms with Gasteiger partial charge in [0.1, 0.15) is 10.8 Å². The fraction of sp³-hybridized carbons (Fsp3) is 0.308. The van der Waals surface area contributed by atoms with Gasteiger partial charge in [0.2, 0.25) is 0 Å². The first-order valence-corrected chi connectivity index (χ1v) is 18.9. The van der Waals surface area contributed by atoms with Crippen molar-refractivity contribution in [1.82, 2.24) is 14.9 Å². The summed E-state index contributed by atoms with van der Waals surface area (Å²) in [6.07, 6.45) is 1.87. The van der Waals surface area contributed by atoms with Crippen molar-refractivity contribution in [3.8, 4) is 16.3 Å². The number of carbonyl (C=O) groups is 1. The molecule has 0 radical (unpaired) electrons. The van der Waals surface area contributed by atoms with Crippen LogP contribution >= 0.6 is 34.3 Å². The van der Waals surface area contributed by atoms with E-state index in [1.807, 2.05) is 67.6 Å². The second-order valence-corrected chi connectivity index (χ2v) is 17.3. The Hall–Kier alpha value is -4.22. The fourth-order valence-electron chi connectivity index (χ4n) is 7.62. The van der Waals surface area contributed by atoms with Crippen LogP contribution in [0.5, 0.6) is 5.75 Å². The van der Waals surface area contributed by atoms with E-state index in [-0.39, 0.29) is 22.6 Å². The molecule has 1 fully saturated rings. The molecule has 4 heterocycles. The molecule has 2 amide bonds. The van der Waals surface area contributed by atoms with Crippen molar-refractivity contribution in [2.75, 3.05) is 41.7 Å². The normalized spacial score (nSPS) is 16.0. The lowest BCUT2D eigenvalue weighted by atomic mass is 9.72. The van der Waals surface area contributed by atoms with Crippen molar-refractivity contribution in [2.45, 2.75) is 46.0 Å². The highest BCUT2D eigenvalue weighted by atomic mass is 35.5. The van der Waals surface area contributed by atoms with Crippen molar-refractivity contribution in [3.05, 3.63) is 88.9 Å². The van der Waals surface area contributed by atoms with Crippen molar-refractivity contribution in [1.29, 1.82) is 0 Å². The number of nitrogens with one attached hydrogen (secondary N) is 2. The van der Waals surface area contributed by atoms with Gasteiger partial charge in [-0.2, -0.15) is 0 Å². The lowest BCUT2D eigenvalue weighted by molar-refractivity contribution is 0.125. The molecule has 2 aromatic heterocycles. The summed E-state index contributed by atoms with van der Waals surface area (Å²) in [6.45, 7) is 12.5. The van der Waals surface area contributed by atoms with Crippen LogP contribution in [0.1, 0.15) is 44.7 Å². The second kappa shape index (κ2) is 12.5. The summed E-state index contributed by atoms with van der Waals surface area (Å²) in [5.41, 5.74) is 7.24. The molecule has 0 atom stereocenters. The van der Waals surface area contributed by atoms with Gasteiger partial charge in [-0.25, -0.2) is 14.8 Å². The molecular weight excluding hydrogens is 684 g/mol. The third-order valence-electron chi connectivity index (χ3n) is 9.72. The maximum absolute atomic E-state index is 13.5. The number of thiazole rings is 2. The van der Waals surface area contributed by atoms with E-state index in [1.54, 1.807) is 17.4 Å². The standard InChI is InChI=1S/C39H39ClN6O2S2/c1-23-9-12-27-32(19-23)50-37(43-27)44-36(48)42-26-7-5-6-8-29(26)46-22-39(15-17-45(18-16-39)21-38(2,3)4)33-25(11-13-30(47)34(33)46)35-41-28-20-24(40)10-14-31(28)49-35/h5-14,19-20,47H,15-18,21-22H2,1-4H3,(H2,42,43,44,48). The number of nitrogens with zero attached hydrogens (tertiary/aromatic N) is 4. The smallest absolute Gasteiger partial charge is 0.325 e. The minimum absolute atomic E-state index is 0.200. The zero-order valence-electron chi connectivity index (χ0n) is 28.5. The first-order chi connectivity index (χ1) is 23.9. The minimum atomic E-state index is -0.371. The van der Waals surface area contributed by atoms with E-state index in [9.17, 15) is 9.90 Å². The van der Waals surface area contributed by atoms with Gasteiger partial charge in [0, 0.05) is 29.1 Å². The van der Waals surface area contributed by atoms with Crippen LogP contribution in [0, 0.1) is 12.3 Å². The number of hydrogen-bond acceptors (Lipinski definition) is 8. The Balaban J connectivity index is 1.18. The van der Waals surface area contributed by atoms with Crippen LogP contribution < -0.4 is 15.5 Å². The Morgan fingerprint density at radius 3 is 2.54 bits per heavy atom. The number of phenols is 1. The number of aromatic hydroxyl groups is 1. The first-order valence-electron chi connectivity index (χ1n) is 16.9. The minimum Gasteiger partial charge on any atom is -0.506 e. The number of carbonyl (C=O) groups excluding carboxylic acids is 1. The third-order valence-corrected chi connectivity index (χ3v) is 12.0. The van der Waals surface area contributed by atoms with Gasteiger partial charge in [-0.3, -0.25) is 5.32 Å². The van der Waals surface area contributed by atoms with Crippen LogP contribution in [-0.2, 0) is 5.41 Å². The molecule has 6 aromatic rings. The number of aryl methyl sites for hydroxylation is 1. The summed E-state index contributed by atoms with van der Waals surface area (Å²) in [5.74, 6) is 0.214. The van der Waals surface area contributed by atoms with Gasteiger partial charge in [-0.05, 0) is 104 Å². The van der Waals surface area contributed by atoms with E-state index in [1.165, 1.54) is 11.3 Å². The monoisotopic (exact) mass is 722 g/mol. The van der Waals surface area contributed by atoms with Gasteiger partial charge in [-0.1, -0.05) is 61.9 Å². The molecule has 8 rings (SSSR count). The molecule has 0 unspecified atom stereocenters. The maximum atomic E-state index is 13.5. The van der Waals surface area contributed by atoms with Gasteiger partial charge in [-0.15, -0.1) is 11.3 Å². The van der Waals surface area contributed by atoms with Crippen LogP contribution in [0.4, 0.5) is 27.0 Å². The van der Waals surface area contributed by atoms with Crippen LogP contribution in [0.25, 0.3) is 31.0 Å². The highest BCUT2D eigenvalue weighted by Gasteiger charge is 2.49. The summed E-state index contributed by atoms with van der Waals surface area (Å²) in [4.78, 5) is 27.9. The average Bonchev–Trinajstić information content (AvgIpc) is 3.76. The predicted octanol–water partition coefficient (Wildman–Crippen LogP) is 10.4. The molecule has 1 spiro atoms. The second-order valence-electron chi connectivity index (χ2n) is 14.8. The Bertz CT molecular complexity index is 2270. The van der Waals surface area contributed by atoms with E-state index in [2.05, 4.69) is 52.3 Å². The lowest BCUT2D eigenvalue weighted by Gasteiger charge is -2.42. The van der Waals surface area contributed by atoms with Gasteiger partial charge in [0.05, 0.1) is 37.5 Å². The molecule has 0 bridgehead atoms. The maximum Gasteiger partial charge on any atom is 0.325 e. The number of rotatable bonds is 5. The molecule has 1 saturated heterocycles. The first kappa shape index (κ1) is 33.0. The van der Waals surface area contributed by atoms with E-state index in [0.717, 1.165) is 86.0 Å². The number of anilines is 4. The predicted molar refractivity (Wildman–Crippen MR) is 209 cm³/mol. The largest absolute Gasteiger partial charge is 0.506 e. The van der Waals surface area contributed by atoms with Crippen LogP contribution in [-0.4, -0.2) is 52.2 Å². The molecule has 4 aromatic carbocycles. The number of likely N-dealkylation sites (tertiary alicyclic amines) is 1. The highest BCUT2D eigenvalue weighted by molar-refractivity contribution is 7.22. The average molecular weight is 723 g/mol. The Morgan fingerprint density at radius 2 is 1.74 bits per heavy atom. The Kier molecular flexibility index (Phi) is 8.26. The van der Waals surface area contributed by atoms with E-state index in [4.69, 9.17) is 16.6 Å². The van der Waals surface area contributed by atoms with Crippen LogP contribution in [0.15, 0.2) is 72.8 Å². The SMILES string of the molecule is Cc1ccc2nc(NC(=O)Nc3ccccc3N3CC4(CCN(CC(C)(C)C)CC4)c4c(-c5nc6cc(Cl)ccc6s5)ccc(O)c43)sc2c1. The van der Waals surface area contributed by atoms with E-state index >= 15 is 0 Å². The van der Waals surface area contributed by atoms with Gasteiger partial charge in [0.25, 0.3) is 0 Å². The number of benzene rings is 4. The summed E-state index contributed by atoms with van der Waals surface area (Å²) >= 11 is 9.45. The van der Waals surface area contributed by atoms with Crippen LogP contribution in [0.3, 0.4) is 0 Å².